The van der Waals surface area contributed by atoms with Crippen LogP contribution >= 0.6 is 8.53 Å². The van der Waals surface area contributed by atoms with E-state index >= 15 is 0 Å². The molecule has 1 aliphatic heterocycles. The Morgan fingerprint density at radius 3 is 1.89 bits per heavy atom. The molecular weight excluding hydrogens is 723 g/mol. The van der Waals surface area contributed by atoms with E-state index in [1.54, 1.807) is 14.2 Å². The highest BCUT2D eigenvalue weighted by Crippen LogP contribution is 2.52. The molecule has 0 radical (unpaired) electrons. The number of aromatic nitrogens is 2. The van der Waals surface area contributed by atoms with Gasteiger partial charge in [0.1, 0.15) is 35.4 Å². The molecule has 1 N–H and O–H groups in total. The quantitative estimate of drug-likeness (QED) is 0.0670. The summed E-state index contributed by atoms with van der Waals surface area (Å²) in [6.07, 6.45) is -2.81. The number of hydrogen-bond acceptors (Lipinski definition) is 11. The number of aromatic amines is 1. The summed E-state index contributed by atoms with van der Waals surface area (Å²) < 4.78 is 48.2. The number of hydrogen-bond donors (Lipinski definition) is 1. The Bertz CT molecular complexity index is 1910. The molecule has 1 aromatic heterocycles. The predicted molar refractivity (Wildman–Crippen MR) is 209 cm³/mol. The summed E-state index contributed by atoms with van der Waals surface area (Å²) in [6, 6.07) is 28.8. The summed E-state index contributed by atoms with van der Waals surface area (Å²) in [5, 5.41) is 9.36. The molecule has 1 saturated heterocycles. The normalized spacial score (nSPS) is 19.7. The molecule has 0 amide bonds. The number of nitrogens with zero attached hydrogens (tertiary/aromatic N) is 3. The SMILES string of the molecule is COc1ccc(C(O[C@@H](C)[C@H]2O[C@@H](n3ccc(=O)[nH]c3=O)[C@H](OC)[C@@H]2OP(OCCC#N)N(C(C)C)C(C)C)(c2ccccc2)c2ccc(OC)cc2)cc1. The minimum atomic E-state index is -1.79. The van der Waals surface area contributed by atoms with Crippen molar-refractivity contribution in [3.63, 3.8) is 0 Å². The van der Waals surface area contributed by atoms with Crippen LogP contribution in [0.2, 0.25) is 0 Å². The number of H-pyrrole nitrogens is 1. The minimum Gasteiger partial charge on any atom is -0.497 e. The monoisotopic (exact) mass is 774 g/mol. The molecule has 0 aliphatic carbocycles. The van der Waals surface area contributed by atoms with Gasteiger partial charge in [0.2, 0.25) is 0 Å². The van der Waals surface area contributed by atoms with Crippen LogP contribution < -0.4 is 20.7 Å². The molecule has 2 heterocycles. The Labute approximate surface area is 323 Å². The van der Waals surface area contributed by atoms with Gasteiger partial charge in [-0.2, -0.15) is 5.26 Å². The van der Waals surface area contributed by atoms with Crippen molar-refractivity contribution in [1.29, 1.82) is 5.26 Å². The average Bonchev–Trinajstić information content (AvgIpc) is 3.54. The van der Waals surface area contributed by atoms with Gasteiger partial charge in [0.05, 0.1) is 39.4 Å². The molecule has 14 heteroatoms. The van der Waals surface area contributed by atoms with E-state index in [9.17, 15) is 14.9 Å². The summed E-state index contributed by atoms with van der Waals surface area (Å²) in [7, 11) is 2.97. The first-order valence-electron chi connectivity index (χ1n) is 18.3. The molecular formula is C41H51N4O9P. The highest BCUT2D eigenvalue weighted by atomic mass is 31.2. The van der Waals surface area contributed by atoms with E-state index in [1.165, 1.54) is 23.9 Å². The zero-order valence-electron chi connectivity index (χ0n) is 32.6. The fourth-order valence-corrected chi connectivity index (χ4v) is 8.79. The summed E-state index contributed by atoms with van der Waals surface area (Å²) in [5.41, 5.74) is 0.0599. The minimum absolute atomic E-state index is 0.0112. The van der Waals surface area contributed by atoms with Crippen LogP contribution in [0.1, 0.15) is 64.0 Å². The number of nitrogens with one attached hydrogen (secondary N) is 1. The number of benzene rings is 3. The second-order valence-corrected chi connectivity index (χ2v) is 15.1. The number of methoxy groups -OCH3 is 3. The maximum atomic E-state index is 13.3. The average molecular weight is 775 g/mol. The molecule has 5 rings (SSSR count). The van der Waals surface area contributed by atoms with E-state index in [-0.39, 0.29) is 25.1 Å². The Hall–Kier alpha value is -4.38. The van der Waals surface area contributed by atoms with Crippen LogP contribution in [0.5, 0.6) is 11.5 Å². The van der Waals surface area contributed by atoms with Crippen molar-refractivity contribution >= 4 is 8.53 Å². The third-order valence-electron chi connectivity index (χ3n) is 9.50. The van der Waals surface area contributed by atoms with E-state index in [0.717, 1.165) is 16.7 Å². The first kappa shape index (κ1) is 41.8. The predicted octanol–water partition coefficient (Wildman–Crippen LogP) is 6.52. The molecule has 6 atom stereocenters. The molecule has 1 fully saturated rings. The van der Waals surface area contributed by atoms with E-state index in [2.05, 4.69) is 43.4 Å². The van der Waals surface area contributed by atoms with Crippen LogP contribution in [-0.4, -0.2) is 78.7 Å². The van der Waals surface area contributed by atoms with Crippen molar-refractivity contribution in [3.05, 3.63) is 129 Å². The van der Waals surface area contributed by atoms with E-state index < -0.39 is 56.0 Å². The van der Waals surface area contributed by atoms with E-state index in [0.29, 0.717) is 11.5 Å². The fraction of sp³-hybridized carbons (Fsp3) is 0.439. The van der Waals surface area contributed by atoms with Crippen LogP contribution in [0.25, 0.3) is 0 Å². The Kier molecular flexibility index (Phi) is 14.4. The smallest absolute Gasteiger partial charge is 0.330 e. The van der Waals surface area contributed by atoms with Crippen LogP contribution in [0.4, 0.5) is 0 Å². The highest BCUT2D eigenvalue weighted by molar-refractivity contribution is 7.44. The van der Waals surface area contributed by atoms with Crippen LogP contribution in [0.3, 0.4) is 0 Å². The maximum Gasteiger partial charge on any atom is 0.330 e. The molecule has 13 nitrogen and oxygen atoms in total. The number of rotatable bonds is 18. The molecule has 3 aromatic carbocycles. The third kappa shape index (κ3) is 9.20. The Balaban J connectivity index is 1.68. The molecule has 1 unspecified atom stereocenters. The molecule has 55 heavy (non-hydrogen) atoms. The molecule has 0 saturated carbocycles. The van der Waals surface area contributed by atoms with Gasteiger partial charge < -0.3 is 32.7 Å². The summed E-state index contributed by atoms with van der Waals surface area (Å²) in [4.78, 5) is 27.7. The molecule has 4 aromatic rings. The van der Waals surface area contributed by atoms with Crippen molar-refractivity contribution in [2.24, 2.45) is 0 Å². The third-order valence-corrected chi connectivity index (χ3v) is 11.6. The molecule has 1 aliphatic rings. The summed E-state index contributed by atoms with van der Waals surface area (Å²) in [5.74, 6) is 1.37. The second kappa shape index (κ2) is 19.0. The van der Waals surface area contributed by atoms with Gasteiger partial charge in [-0.25, -0.2) is 9.46 Å². The van der Waals surface area contributed by atoms with Crippen molar-refractivity contribution < 1.29 is 32.7 Å². The van der Waals surface area contributed by atoms with Crippen LogP contribution in [0.15, 0.2) is 101 Å². The number of ether oxygens (including phenoxy) is 5. The lowest BCUT2D eigenvalue weighted by molar-refractivity contribution is -0.136. The highest BCUT2D eigenvalue weighted by Gasteiger charge is 2.53. The molecule has 0 bridgehead atoms. The number of nitriles is 1. The van der Waals surface area contributed by atoms with Gasteiger partial charge in [-0.05, 0) is 75.6 Å². The van der Waals surface area contributed by atoms with Crippen molar-refractivity contribution in [2.75, 3.05) is 27.9 Å². The largest absolute Gasteiger partial charge is 0.497 e. The lowest BCUT2D eigenvalue weighted by Gasteiger charge is -2.41. The zero-order chi connectivity index (χ0) is 39.7. The van der Waals surface area contributed by atoms with Crippen molar-refractivity contribution in [2.45, 2.75) is 89.4 Å². The maximum absolute atomic E-state index is 13.3. The first-order valence-corrected chi connectivity index (χ1v) is 19.4. The topological polar surface area (TPSA) is 147 Å². The molecule has 294 valence electrons. The van der Waals surface area contributed by atoms with Crippen molar-refractivity contribution in [3.8, 4) is 17.6 Å². The van der Waals surface area contributed by atoms with Gasteiger partial charge in [0.15, 0.2) is 6.23 Å². The van der Waals surface area contributed by atoms with Gasteiger partial charge in [0.25, 0.3) is 14.1 Å². The fourth-order valence-electron chi connectivity index (χ4n) is 7.04. The van der Waals surface area contributed by atoms with Gasteiger partial charge in [-0.1, -0.05) is 54.6 Å². The van der Waals surface area contributed by atoms with Gasteiger partial charge in [-0.3, -0.25) is 14.3 Å². The van der Waals surface area contributed by atoms with Crippen LogP contribution in [-0.2, 0) is 28.9 Å². The van der Waals surface area contributed by atoms with Gasteiger partial charge in [-0.15, -0.1) is 0 Å². The summed E-state index contributed by atoms with van der Waals surface area (Å²) in [6.45, 7) is 10.3. The Morgan fingerprint density at radius 2 is 1.40 bits per heavy atom. The molecule has 0 spiro atoms. The second-order valence-electron chi connectivity index (χ2n) is 13.7. The lowest BCUT2D eigenvalue weighted by Crippen LogP contribution is -2.46. The van der Waals surface area contributed by atoms with Gasteiger partial charge >= 0.3 is 5.69 Å². The first-order chi connectivity index (χ1) is 26.5. The van der Waals surface area contributed by atoms with Crippen molar-refractivity contribution in [1.82, 2.24) is 14.2 Å². The van der Waals surface area contributed by atoms with Gasteiger partial charge in [0, 0.05) is 31.5 Å². The standard InChI is InChI=1S/C41H51N4O9P/c1-27(2)45(28(3)4)55(51-26-12-24-42)54-37-36(52-39(38(37)50-8)44-25-23-35(46)43-40(44)47)29(5)53-41(30-13-10-9-11-14-30,31-15-19-33(48-6)20-16-31)32-17-21-34(49-7)22-18-32/h9-11,13-23,25,27-29,36-39H,12,26H2,1-8H3,(H,43,46,47)/t29-,36+,37+,38+,39+,55?/m0/s1. The van der Waals surface area contributed by atoms with E-state index in [4.69, 9.17) is 32.7 Å². The van der Waals surface area contributed by atoms with E-state index in [1.807, 2.05) is 85.8 Å². The summed E-state index contributed by atoms with van der Waals surface area (Å²) >= 11 is 0. The lowest BCUT2D eigenvalue weighted by atomic mass is 9.79. The Morgan fingerprint density at radius 1 is 0.836 bits per heavy atom. The zero-order valence-corrected chi connectivity index (χ0v) is 33.5. The van der Waals surface area contributed by atoms with Crippen LogP contribution in [0, 0.1) is 11.3 Å².